The van der Waals surface area contributed by atoms with Crippen molar-refractivity contribution < 1.29 is 9.18 Å². The third kappa shape index (κ3) is 6.17. The number of carbonyl (C=O) groups is 1. The first-order valence-electron chi connectivity index (χ1n) is 12.2. The van der Waals surface area contributed by atoms with Gasteiger partial charge in [-0.3, -0.25) is 15.0 Å². The summed E-state index contributed by atoms with van der Waals surface area (Å²) in [4.78, 5) is 17.5. The van der Waals surface area contributed by atoms with Gasteiger partial charge in [0.1, 0.15) is 0 Å². The minimum atomic E-state index is -1.49. The number of nitrogens with one attached hydrogen (secondary N) is 1. The van der Waals surface area contributed by atoms with Crippen molar-refractivity contribution in [3.8, 4) is 0 Å². The lowest BCUT2D eigenvalue weighted by atomic mass is 10.0. The smallest absolute Gasteiger partial charge is 0.197 e. The molecule has 5 heteroatoms. The first-order valence-corrected chi connectivity index (χ1v) is 12.2. The normalized spacial score (nSPS) is 20.5. The van der Waals surface area contributed by atoms with Crippen LogP contribution in [0.25, 0.3) is 0 Å². The van der Waals surface area contributed by atoms with E-state index >= 15 is 4.39 Å². The maximum absolute atomic E-state index is 15.2. The highest BCUT2D eigenvalue weighted by Crippen LogP contribution is 2.22. The molecule has 2 atom stereocenters. The van der Waals surface area contributed by atoms with Crippen molar-refractivity contribution >= 4 is 11.5 Å². The van der Waals surface area contributed by atoms with E-state index in [0.717, 1.165) is 39.0 Å². The molecule has 172 valence electrons. The van der Waals surface area contributed by atoms with Gasteiger partial charge in [-0.05, 0) is 25.0 Å². The van der Waals surface area contributed by atoms with Crippen molar-refractivity contribution in [2.75, 3.05) is 31.1 Å². The van der Waals surface area contributed by atoms with Crippen molar-refractivity contribution in [1.29, 1.82) is 0 Å². The van der Waals surface area contributed by atoms with Gasteiger partial charge in [0.15, 0.2) is 12.0 Å². The molecule has 0 radical (unpaired) electrons. The second kappa shape index (κ2) is 11.6. The molecule has 0 aromatic heterocycles. The van der Waals surface area contributed by atoms with Gasteiger partial charge >= 0.3 is 0 Å². The fourth-order valence-electron chi connectivity index (χ4n) is 5.06. The molecule has 0 spiro atoms. The van der Waals surface area contributed by atoms with E-state index in [9.17, 15) is 4.79 Å². The highest BCUT2D eigenvalue weighted by atomic mass is 19.1. The summed E-state index contributed by atoms with van der Waals surface area (Å²) in [6.45, 7) is 3.56. The topological polar surface area (TPSA) is 35.6 Å². The summed E-state index contributed by atoms with van der Waals surface area (Å²) in [6, 6.07) is 19.7. The van der Waals surface area contributed by atoms with E-state index < -0.39 is 12.0 Å². The van der Waals surface area contributed by atoms with Gasteiger partial charge in [0, 0.05) is 49.9 Å². The van der Waals surface area contributed by atoms with E-state index in [1.165, 1.54) is 31.4 Å². The number of para-hydroxylation sites is 1. The number of Topliss-reactive ketones (excluding diaryl/α,β-unsaturated/α-hetero) is 1. The number of halogens is 1. The second-order valence-corrected chi connectivity index (χ2v) is 9.16. The molecular weight excluding hydrogens is 401 g/mol. The molecule has 2 unspecified atom stereocenters. The van der Waals surface area contributed by atoms with Gasteiger partial charge in [-0.2, -0.15) is 0 Å². The van der Waals surface area contributed by atoms with Gasteiger partial charge in [0.2, 0.25) is 0 Å². The van der Waals surface area contributed by atoms with Crippen molar-refractivity contribution in [3.63, 3.8) is 0 Å². The van der Waals surface area contributed by atoms with E-state index in [4.69, 9.17) is 0 Å². The quantitative estimate of drug-likeness (QED) is 0.463. The van der Waals surface area contributed by atoms with Gasteiger partial charge in [-0.1, -0.05) is 74.2 Å². The largest absolute Gasteiger partial charge is 0.369 e. The molecule has 1 aliphatic heterocycles. The van der Waals surface area contributed by atoms with Crippen LogP contribution in [-0.2, 0) is 0 Å². The molecule has 4 rings (SSSR count). The highest BCUT2D eigenvalue weighted by Gasteiger charge is 2.31. The maximum atomic E-state index is 15.2. The Balaban J connectivity index is 1.42. The van der Waals surface area contributed by atoms with Crippen LogP contribution in [0.4, 0.5) is 10.1 Å². The van der Waals surface area contributed by atoms with Crippen molar-refractivity contribution in [1.82, 2.24) is 10.2 Å². The van der Waals surface area contributed by atoms with Gasteiger partial charge in [-0.15, -0.1) is 0 Å². The van der Waals surface area contributed by atoms with Crippen LogP contribution in [0.1, 0.15) is 55.3 Å². The van der Waals surface area contributed by atoms with Gasteiger partial charge < -0.3 is 4.90 Å². The van der Waals surface area contributed by atoms with Crippen LogP contribution in [0.15, 0.2) is 60.7 Å². The van der Waals surface area contributed by atoms with Crippen molar-refractivity contribution in [2.45, 2.75) is 63.3 Å². The fourth-order valence-corrected chi connectivity index (χ4v) is 5.06. The van der Waals surface area contributed by atoms with Crippen molar-refractivity contribution in [3.05, 3.63) is 66.2 Å². The number of hydrogen-bond donors (Lipinski definition) is 1. The molecule has 1 saturated heterocycles. The Kier molecular flexibility index (Phi) is 8.30. The Bertz CT molecular complexity index is 815. The number of carbonyl (C=O) groups excluding carboxylic acids is 1. The Morgan fingerprint density at radius 1 is 0.875 bits per heavy atom. The number of benzene rings is 2. The van der Waals surface area contributed by atoms with Crippen LogP contribution < -0.4 is 10.2 Å². The summed E-state index contributed by atoms with van der Waals surface area (Å²) in [7, 11) is 0. The van der Waals surface area contributed by atoms with Gasteiger partial charge in [0.05, 0.1) is 6.17 Å². The predicted molar refractivity (Wildman–Crippen MR) is 129 cm³/mol. The van der Waals surface area contributed by atoms with Gasteiger partial charge in [-0.25, -0.2) is 4.39 Å². The zero-order valence-electron chi connectivity index (χ0n) is 19.0. The maximum Gasteiger partial charge on any atom is 0.197 e. The lowest BCUT2D eigenvalue weighted by Gasteiger charge is -2.42. The third-order valence-corrected chi connectivity index (χ3v) is 6.93. The zero-order chi connectivity index (χ0) is 22.2. The average molecular weight is 438 g/mol. The summed E-state index contributed by atoms with van der Waals surface area (Å²) in [6.07, 6.45) is 5.92. The summed E-state index contributed by atoms with van der Waals surface area (Å²) < 4.78 is 15.2. The molecule has 1 N–H and O–H groups in total. The standard InChI is InChI=1S/C27H36FN3O/c28-25(27(32)22-11-5-3-6-12-22)21-26(29-23-13-7-1-2-8-14-23)31-19-17-30(18-20-31)24-15-9-4-10-16-24/h3-6,9-12,15-16,23,25-26,29H,1-2,7-8,13-14,17-21H2. The van der Waals surface area contributed by atoms with E-state index in [-0.39, 0.29) is 12.6 Å². The summed E-state index contributed by atoms with van der Waals surface area (Å²) in [5, 5.41) is 3.77. The number of hydrogen-bond acceptors (Lipinski definition) is 4. The summed E-state index contributed by atoms with van der Waals surface area (Å²) in [5.74, 6) is -0.402. The Labute approximate surface area is 191 Å². The Morgan fingerprint density at radius 3 is 2.09 bits per heavy atom. The summed E-state index contributed by atoms with van der Waals surface area (Å²) in [5.41, 5.74) is 1.70. The average Bonchev–Trinajstić information content (AvgIpc) is 3.13. The molecule has 0 amide bonds. The Morgan fingerprint density at radius 2 is 1.47 bits per heavy atom. The second-order valence-electron chi connectivity index (χ2n) is 9.16. The zero-order valence-corrected chi connectivity index (χ0v) is 19.0. The van der Waals surface area contributed by atoms with Crippen LogP contribution in [0.5, 0.6) is 0 Å². The molecule has 2 aliphatic rings. The van der Waals surface area contributed by atoms with E-state index in [1.807, 2.05) is 12.1 Å². The number of rotatable bonds is 8. The fraction of sp³-hybridized carbons (Fsp3) is 0.519. The first kappa shape index (κ1) is 22.9. The van der Waals surface area contributed by atoms with Crippen LogP contribution in [0, 0.1) is 0 Å². The predicted octanol–water partition coefficient (Wildman–Crippen LogP) is 5.06. The first-order chi connectivity index (χ1) is 15.7. The number of piperazine rings is 1. The monoisotopic (exact) mass is 437 g/mol. The molecule has 0 bridgehead atoms. The van der Waals surface area contributed by atoms with E-state index in [0.29, 0.717) is 11.6 Å². The van der Waals surface area contributed by atoms with E-state index in [2.05, 4.69) is 39.4 Å². The SMILES string of the molecule is O=C(c1ccccc1)C(F)CC(NC1CCCCCC1)N1CCN(c2ccccc2)CC1. The molecule has 4 nitrogen and oxygen atoms in total. The highest BCUT2D eigenvalue weighted by molar-refractivity contribution is 5.99. The van der Waals surface area contributed by atoms with Crippen LogP contribution >= 0.6 is 0 Å². The summed E-state index contributed by atoms with van der Waals surface area (Å²) >= 11 is 0. The molecular formula is C27H36FN3O. The van der Waals surface area contributed by atoms with Crippen LogP contribution in [0.3, 0.4) is 0 Å². The number of alkyl halides is 1. The molecule has 1 aliphatic carbocycles. The minimum Gasteiger partial charge on any atom is -0.369 e. The number of nitrogens with zero attached hydrogens (tertiary/aromatic N) is 2. The van der Waals surface area contributed by atoms with E-state index in [1.54, 1.807) is 24.3 Å². The number of anilines is 1. The molecule has 1 heterocycles. The van der Waals surface area contributed by atoms with Crippen LogP contribution in [-0.4, -0.2) is 55.2 Å². The molecule has 2 aromatic carbocycles. The number of ketones is 1. The molecule has 2 fully saturated rings. The Hall–Kier alpha value is -2.24. The van der Waals surface area contributed by atoms with Crippen molar-refractivity contribution in [2.24, 2.45) is 0 Å². The lowest BCUT2D eigenvalue weighted by molar-refractivity contribution is 0.0741. The molecule has 1 saturated carbocycles. The lowest BCUT2D eigenvalue weighted by Crippen LogP contribution is -2.57. The molecule has 2 aromatic rings. The minimum absolute atomic E-state index is 0.112. The van der Waals surface area contributed by atoms with Crippen LogP contribution in [0.2, 0.25) is 0 Å². The van der Waals surface area contributed by atoms with Gasteiger partial charge in [0.25, 0.3) is 0 Å². The molecule has 32 heavy (non-hydrogen) atoms. The third-order valence-electron chi connectivity index (χ3n) is 6.93.